The average Bonchev–Trinajstić information content (AvgIpc) is 2.53. The second kappa shape index (κ2) is 8.13. The van der Waals surface area contributed by atoms with Crippen molar-refractivity contribution in [3.63, 3.8) is 0 Å². The fourth-order valence-corrected chi connectivity index (χ4v) is 2.91. The van der Waals surface area contributed by atoms with E-state index in [2.05, 4.69) is 29.5 Å². The Labute approximate surface area is 133 Å². The van der Waals surface area contributed by atoms with Crippen molar-refractivity contribution in [2.45, 2.75) is 39.2 Å². The fraction of sp³-hybridized carbons (Fsp3) is 0.647. The van der Waals surface area contributed by atoms with Gasteiger partial charge < -0.3 is 15.5 Å². The van der Waals surface area contributed by atoms with Crippen molar-refractivity contribution < 1.29 is 4.79 Å². The van der Waals surface area contributed by atoms with Crippen molar-refractivity contribution in [3.8, 4) is 0 Å². The number of aromatic nitrogens is 1. The Kier molecular flexibility index (Phi) is 6.19. The maximum absolute atomic E-state index is 12.8. The van der Waals surface area contributed by atoms with Crippen LogP contribution in [0.4, 0.5) is 5.82 Å². The Balaban J connectivity index is 1.98. The minimum atomic E-state index is 0.100. The Hall–Kier alpha value is -1.62. The molecule has 1 aromatic rings. The Morgan fingerprint density at radius 3 is 2.77 bits per heavy atom. The summed E-state index contributed by atoms with van der Waals surface area (Å²) in [6.45, 7) is 6.86. The number of piperidine rings is 1. The summed E-state index contributed by atoms with van der Waals surface area (Å²) in [7, 11) is 1.99. The van der Waals surface area contributed by atoms with Crippen LogP contribution in [0, 0.1) is 5.92 Å². The summed E-state index contributed by atoms with van der Waals surface area (Å²) in [5.74, 6) is 1.53. The molecule has 0 saturated carbocycles. The zero-order valence-electron chi connectivity index (χ0n) is 13.9. The van der Waals surface area contributed by atoms with Crippen molar-refractivity contribution in [1.29, 1.82) is 0 Å². The highest BCUT2D eigenvalue weighted by molar-refractivity contribution is 5.98. The summed E-state index contributed by atoms with van der Waals surface area (Å²) < 4.78 is 0. The molecule has 0 unspecified atom stereocenters. The van der Waals surface area contributed by atoms with Crippen molar-refractivity contribution >= 4 is 11.7 Å². The molecule has 22 heavy (non-hydrogen) atoms. The van der Waals surface area contributed by atoms with Crippen molar-refractivity contribution in [1.82, 2.24) is 15.2 Å². The third kappa shape index (κ3) is 4.44. The molecule has 2 rings (SSSR count). The number of carbonyl (C=O) groups excluding carboxylic acids is 1. The molecule has 122 valence electrons. The van der Waals surface area contributed by atoms with Crippen LogP contribution < -0.4 is 10.6 Å². The van der Waals surface area contributed by atoms with Crippen LogP contribution in [0.15, 0.2) is 18.3 Å². The predicted octanol–water partition coefficient (Wildman–Crippen LogP) is 2.36. The van der Waals surface area contributed by atoms with Crippen LogP contribution in [-0.4, -0.2) is 48.5 Å². The first-order chi connectivity index (χ1) is 10.6. The van der Waals surface area contributed by atoms with E-state index in [9.17, 15) is 4.79 Å². The molecule has 0 radical (unpaired) electrons. The maximum atomic E-state index is 12.8. The van der Waals surface area contributed by atoms with Gasteiger partial charge in [-0.15, -0.1) is 0 Å². The summed E-state index contributed by atoms with van der Waals surface area (Å²) in [5.41, 5.74) is 0.685. The Morgan fingerprint density at radius 1 is 1.41 bits per heavy atom. The molecular formula is C17H28N4O. The first-order valence-electron chi connectivity index (χ1n) is 8.27. The second-order valence-electron chi connectivity index (χ2n) is 6.33. The number of pyridine rings is 1. The zero-order valence-corrected chi connectivity index (χ0v) is 13.9. The van der Waals surface area contributed by atoms with Crippen LogP contribution in [-0.2, 0) is 0 Å². The van der Waals surface area contributed by atoms with Gasteiger partial charge in [0.05, 0.1) is 5.56 Å². The van der Waals surface area contributed by atoms with Gasteiger partial charge in [0.1, 0.15) is 5.82 Å². The average molecular weight is 304 g/mol. The molecule has 1 aliphatic heterocycles. The van der Waals surface area contributed by atoms with E-state index in [1.165, 1.54) is 6.42 Å². The quantitative estimate of drug-likeness (QED) is 0.847. The lowest BCUT2D eigenvalue weighted by Crippen LogP contribution is -2.39. The first-order valence-corrected chi connectivity index (χ1v) is 8.27. The van der Waals surface area contributed by atoms with Gasteiger partial charge in [-0.1, -0.05) is 0 Å². The lowest BCUT2D eigenvalue weighted by Gasteiger charge is -2.32. The normalized spacial score (nSPS) is 16.1. The second-order valence-corrected chi connectivity index (χ2v) is 6.33. The summed E-state index contributed by atoms with van der Waals surface area (Å²) in [6, 6.07) is 3.96. The number of anilines is 1. The van der Waals surface area contributed by atoms with Crippen LogP contribution in [0.1, 0.15) is 43.5 Å². The first kappa shape index (κ1) is 16.7. The third-order valence-electron chi connectivity index (χ3n) is 4.17. The zero-order chi connectivity index (χ0) is 15.9. The fourth-order valence-electron chi connectivity index (χ4n) is 2.91. The molecule has 0 aliphatic carbocycles. The molecule has 0 bridgehead atoms. The van der Waals surface area contributed by atoms with Crippen LogP contribution in [0.25, 0.3) is 0 Å². The van der Waals surface area contributed by atoms with Crippen molar-refractivity contribution in [3.05, 3.63) is 23.9 Å². The van der Waals surface area contributed by atoms with Crippen LogP contribution in [0.5, 0.6) is 0 Å². The highest BCUT2D eigenvalue weighted by Gasteiger charge is 2.25. The molecule has 0 aromatic carbocycles. The number of amides is 1. The van der Waals surface area contributed by atoms with Crippen LogP contribution >= 0.6 is 0 Å². The van der Waals surface area contributed by atoms with Gasteiger partial charge in [0.15, 0.2) is 0 Å². The van der Waals surface area contributed by atoms with Crippen molar-refractivity contribution in [2.75, 3.05) is 32.0 Å². The van der Waals surface area contributed by atoms with E-state index in [0.717, 1.165) is 38.4 Å². The van der Waals surface area contributed by atoms with E-state index >= 15 is 0 Å². The smallest absolute Gasteiger partial charge is 0.257 e. The Bertz CT molecular complexity index is 481. The molecule has 2 heterocycles. The van der Waals surface area contributed by atoms with Gasteiger partial charge in [-0.25, -0.2) is 4.98 Å². The van der Waals surface area contributed by atoms with Crippen LogP contribution in [0.3, 0.4) is 0 Å². The lowest BCUT2D eigenvalue weighted by atomic mass is 9.93. The topological polar surface area (TPSA) is 57.3 Å². The maximum Gasteiger partial charge on any atom is 0.257 e. The molecule has 0 spiro atoms. The SMILES string of the molecule is CNCCC1CCN(C(=O)c2cccnc2NC(C)C)CC1. The molecule has 5 nitrogen and oxygen atoms in total. The van der Waals surface area contributed by atoms with Gasteiger partial charge in [0.25, 0.3) is 5.91 Å². The van der Waals surface area contributed by atoms with Crippen molar-refractivity contribution in [2.24, 2.45) is 5.92 Å². The van der Waals surface area contributed by atoms with E-state index in [-0.39, 0.29) is 11.9 Å². The molecule has 1 fully saturated rings. The number of hydrogen-bond donors (Lipinski definition) is 2. The van der Waals surface area contributed by atoms with Gasteiger partial charge >= 0.3 is 0 Å². The number of carbonyl (C=O) groups is 1. The minimum Gasteiger partial charge on any atom is -0.367 e. The molecule has 1 amide bonds. The third-order valence-corrected chi connectivity index (χ3v) is 4.17. The summed E-state index contributed by atoms with van der Waals surface area (Å²) in [5, 5.41) is 6.47. The minimum absolute atomic E-state index is 0.100. The summed E-state index contributed by atoms with van der Waals surface area (Å²) in [4.78, 5) is 19.1. The number of rotatable bonds is 6. The largest absolute Gasteiger partial charge is 0.367 e. The molecule has 1 aromatic heterocycles. The number of hydrogen-bond acceptors (Lipinski definition) is 4. The van der Waals surface area contributed by atoms with E-state index in [0.29, 0.717) is 11.4 Å². The lowest BCUT2D eigenvalue weighted by molar-refractivity contribution is 0.0687. The predicted molar refractivity (Wildman–Crippen MR) is 90.2 cm³/mol. The number of nitrogens with one attached hydrogen (secondary N) is 2. The summed E-state index contributed by atoms with van der Waals surface area (Å²) >= 11 is 0. The molecular weight excluding hydrogens is 276 g/mol. The van der Waals surface area contributed by atoms with Gasteiger partial charge in [-0.05, 0) is 64.8 Å². The highest BCUT2D eigenvalue weighted by Crippen LogP contribution is 2.23. The summed E-state index contributed by atoms with van der Waals surface area (Å²) in [6.07, 6.45) is 5.12. The molecule has 2 N–H and O–H groups in total. The highest BCUT2D eigenvalue weighted by atomic mass is 16.2. The van der Waals surface area contributed by atoms with E-state index in [1.807, 2.05) is 24.1 Å². The molecule has 0 atom stereocenters. The van der Waals surface area contributed by atoms with Gasteiger partial charge in [-0.3, -0.25) is 4.79 Å². The molecule has 1 saturated heterocycles. The number of nitrogens with zero attached hydrogens (tertiary/aromatic N) is 2. The number of likely N-dealkylation sites (tertiary alicyclic amines) is 1. The van der Waals surface area contributed by atoms with Crippen LogP contribution in [0.2, 0.25) is 0 Å². The van der Waals surface area contributed by atoms with Gasteiger partial charge in [0.2, 0.25) is 0 Å². The monoisotopic (exact) mass is 304 g/mol. The van der Waals surface area contributed by atoms with E-state index in [4.69, 9.17) is 0 Å². The van der Waals surface area contributed by atoms with Gasteiger partial charge in [0, 0.05) is 25.3 Å². The van der Waals surface area contributed by atoms with Gasteiger partial charge in [-0.2, -0.15) is 0 Å². The molecule has 5 heteroatoms. The Morgan fingerprint density at radius 2 is 2.14 bits per heavy atom. The van der Waals surface area contributed by atoms with E-state index in [1.54, 1.807) is 6.20 Å². The molecule has 1 aliphatic rings. The van der Waals surface area contributed by atoms with E-state index < -0.39 is 0 Å². The standard InChI is InChI=1S/C17H28N4O/c1-13(2)20-16-15(5-4-9-19-16)17(22)21-11-7-14(8-12-21)6-10-18-3/h4-5,9,13-14,18H,6-8,10-12H2,1-3H3,(H,19,20).